The molecule has 0 unspecified atom stereocenters. The van der Waals surface area contributed by atoms with Gasteiger partial charge in [-0.25, -0.2) is 0 Å². The molecular weight excluding hydrogens is 377 g/mol. The van der Waals surface area contributed by atoms with E-state index in [0.717, 1.165) is 51.5 Å². The number of hydrogen-bond acceptors (Lipinski definition) is 2. The highest BCUT2D eigenvalue weighted by atomic mass is 127. The number of unbranched alkanes of at least 4 members (excludes halogenated alkanes) is 4. The molecule has 1 N–H and O–H groups in total. The topological polar surface area (TPSA) is 36.9 Å². The fourth-order valence-electron chi connectivity index (χ4n) is 1.98. The summed E-state index contributed by atoms with van der Waals surface area (Å²) in [6.07, 6.45) is 9.02. The van der Waals surface area contributed by atoms with Gasteiger partial charge in [0.15, 0.2) is 5.96 Å². The Balaban J connectivity index is 0. The Bertz CT molecular complexity index is 260. The largest absolute Gasteiger partial charge is 0.382 e. The smallest absolute Gasteiger partial charge is 0.193 e. The van der Waals surface area contributed by atoms with Gasteiger partial charge in [0.2, 0.25) is 0 Å². The first-order chi connectivity index (χ1) is 9.76. The molecule has 5 heteroatoms. The van der Waals surface area contributed by atoms with Gasteiger partial charge in [0.1, 0.15) is 0 Å². The van der Waals surface area contributed by atoms with Crippen LogP contribution in [-0.2, 0) is 4.74 Å². The van der Waals surface area contributed by atoms with E-state index in [1.165, 1.54) is 19.3 Å². The summed E-state index contributed by atoms with van der Waals surface area (Å²) in [5, 5.41) is 3.40. The number of halogens is 1. The van der Waals surface area contributed by atoms with Crippen LogP contribution in [0.15, 0.2) is 17.6 Å². The Hall–Kier alpha value is -0.300. The van der Waals surface area contributed by atoms with Crippen molar-refractivity contribution in [2.24, 2.45) is 4.99 Å². The summed E-state index contributed by atoms with van der Waals surface area (Å²) in [4.78, 5) is 6.53. The van der Waals surface area contributed by atoms with Crippen molar-refractivity contribution in [2.75, 3.05) is 40.4 Å². The zero-order valence-electron chi connectivity index (χ0n) is 14.1. The van der Waals surface area contributed by atoms with Crippen molar-refractivity contribution in [3.63, 3.8) is 0 Å². The number of rotatable bonds is 12. The Morgan fingerprint density at radius 2 is 2.00 bits per heavy atom. The van der Waals surface area contributed by atoms with E-state index < -0.39 is 0 Å². The Labute approximate surface area is 148 Å². The third kappa shape index (κ3) is 14.4. The molecule has 0 aromatic carbocycles. The third-order valence-corrected chi connectivity index (χ3v) is 3.18. The molecule has 0 rings (SSSR count). The second-order valence-electron chi connectivity index (χ2n) is 4.94. The SMILES string of the molecule is C=CCCCCCN(C)C(=NC)NCCCCOCC.I. The minimum atomic E-state index is 0. The summed E-state index contributed by atoms with van der Waals surface area (Å²) >= 11 is 0. The van der Waals surface area contributed by atoms with Crippen molar-refractivity contribution in [3.05, 3.63) is 12.7 Å². The number of allylic oxidation sites excluding steroid dienone is 1. The molecule has 0 spiro atoms. The monoisotopic (exact) mass is 411 g/mol. The number of aliphatic imine (C=N–C) groups is 1. The molecule has 0 heterocycles. The lowest BCUT2D eigenvalue weighted by Gasteiger charge is -2.22. The van der Waals surface area contributed by atoms with Crippen LogP contribution in [0.3, 0.4) is 0 Å². The van der Waals surface area contributed by atoms with Crippen LogP contribution in [0.2, 0.25) is 0 Å². The average Bonchev–Trinajstić information content (AvgIpc) is 2.46. The molecular formula is C16H34IN3O. The summed E-state index contributed by atoms with van der Waals surface area (Å²) < 4.78 is 5.32. The van der Waals surface area contributed by atoms with Crippen LogP contribution in [0, 0.1) is 0 Å². The van der Waals surface area contributed by atoms with E-state index in [-0.39, 0.29) is 24.0 Å². The molecule has 0 aliphatic rings. The summed E-state index contributed by atoms with van der Waals surface area (Å²) in [5.41, 5.74) is 0. The van der Waals surface area contributed by atoms with Gasteiger partial charge in [-0.1, -0.05) is 12.5 Å². The number of hydrogen-bond donors (Lipinski definition) is 1. The van der Waals surface area contributed by atoms with Gasteiger partial charge in [-0.15, -0.1) is 30.6 Å². The van der Waals surface area contributed by atoms with E-state index >= 15 is 0 Å². The molecule has 126 valence electrons. The molecule has 21 heavy (non-hydrogen) atoms. The van der Waals surface area contributed by atoms with Crippen molar-refractivity contribution < 1.29 is 4.74 Å². The van der Waals surface area contributed by atoms with Gasteiger partial charge in [-0.05, 0) is 39.0 Å². The molecule has 0 aromatic rings. The van der Waals surface area contributed by atoms with E-state index in [0.29, 0.717) is 0 Å². The van der Waals surface area contributed by atoms with Gasteiger partial charge in [0.05, 0.1) is 0 Å². The summed E-state index contributed by atoms with van der Waals surface area (Å²) in [7, 11) is 3.94. The first-order valence-electron chi connectivity index (χ1n) is 7.86. The van der Waals surface area contributed by atoms with Crippen LogP contribution in [0.25, 0.3) is 0 Å². The highest BCUT2D eigenvalue weighted by Gasteiger charge is 2.04. The molecule has 0 saturated carbocycles. The Morgan fingerprint density at radius 1 is 1.24 bits per heavy atom. The predicted octanol–water partition coefficient (Wildman–Crippen LogP) is 3.67. The van der Waals surface area contributed by atoms with Crippen LogP contribution >= 0.6 is 24.0 Å². The summed E-state index contributed by atoms with van der Waals surface area (Å²) in [5.74, 6) is 0.991. The van der Waals surface area contributed by atoms with E-state index in [1.54, 1.807) is 0 Å². The first kappa shape index (κ1) is 23.0. The maximum atomic E-state index is 5.32. The van der Waals surface area contributed by atoms with E-state index in [2.05, 4.69) is 28.8 Å². The zero-order chi connectivity index (χ0) is 15.1. The lowest BCUT2D eigenvalue weighted by molar-refractivity contribution is 0.143. The van der Waals surface area contributed by atoms with Crippen molar-refractivity contribution in [3.8, 4) is 0 Å². The average molecular weight is 411 g/mol. The molecule has 0 aliphatic carbocycles. The maximum absolute atomic E-state index is 5.32. The third-order valence-electron chi connectivity index (χ3n) is 3.18. The van der Waals surface area contributed by atoms with Crippen LogP contribution in [0.4, 0.5) is 0 Å². The molecule has 0 aromatic heterocycles. The highest BCUT2D eigenvalue weighted by molar-refractivity contribution is 14.0. The van der Waals surface area contributed by atoms with Gasteiger partial charge >= 0.3 is 0 Å². The van der Waals surface area contributed by atoms with Gasteiger partial charge in [0, 0.05) is 40.4 Å². The molecule has 0 amide bonds. The second kappa shape index (κ2) is 17.8. The summed E-state index contributed by atoms with van der Waals surface area (Å²) in [6, 6.07) is 0. The highest BCUT2D eigenvalue weighted by Crippen LogP contribution is 2.01. The lowest BCUT2D eigenvalue weighted by atomic mass is 10.2. The number of ether oxygens (including phenoxy) is 1. The Morgan fingerprint density at radius 3 is 2.62 bits per heavy atom. The molecule has 0 bridgehead atoms. The summed E-state index contributed by atoms with van der Waals surface area (Å²) in [6.45, 7) is 9.46. The van der Waals surface area contributed by atoms with Crippen molar-refractivity contribution >= 4 is 29.9 Å². The quantitative estimate of drug-likeness (QED) is 0.175. The zero-order valence-corrected chi connectivity index (χ0v) is 16.4. The molecule has 0 radical (unpaired) electrons. The van der Waals surface area contributed by atoms with Crippen LogP contribution in [0.1, 0.15) is 45.4 Å². The number of guanidine groups is 1. The van der Waals surface area contributed by atoms with Gasteiger partial charge in [-0.2, -0.15) is 0 Å². The van der Waals surface area contributed by atoms with Crippen LogP contribution in [0.5, 0.6) is 0 Å². The van der Waals surface area contributed by atoms with Crippen molar-refractivity contribution in [1.82, 2.24) is 10.2 Å². The molecule has 0 saturated heterocycles. The minimum absolute atomic E-state index is 0. The number of nitrogens with zero attached hydrogens (tertiary/aromatic N) is 2. The molecule has 4 nitrogen and oxygen atoms in total. The lowest BCUT2D eigenvalue weighted by Crippen LogP contribution is -2.39. The van der Waals surface area contributed by atoms with E-state index in [4.69, 9.17) is 4.74 Å². The molecule has 0 aliphatic heterocycles. The maximum Gasteiger partial charge on any atom is 0.193 e. The predicted molar refractivity (Wildman–Crippen MR) is 104 cm³/mol. The molecule has 0 fully saturated rings. The Kier molecular flexibility index (Phi) is 19.4. The number of nitrogens with one attached hydrogen (secondary N) is 1. The van der Waals surface area contributed by atoms with Crippen LogP contribution in [-0.4, -0.2) is 51.3 Å². The first-order valence-corrected chi connectivity index (χ1v) is 7.86. The minimum Gasteiger partial charge on any atom is -0.382 e. The van der Waals surface area contributed by atoms with E-state index in [9.17, 15) is 0 Å². The van der Waals surface area contributed by atoms with Crippen molar-refractivity contribution in [1.29, 1.82) is 0 Å². The fraction of sp³-hybridized carbons (Fsp3) is 0.812. The fourth-order valence-corrected chi connectivity index (χ4v) is 1.98. The normalized spacial score (nSPS) is 10.9. The standard InChI is InChI=1S/C16H33N3O.HI/c1-5-7-8-9-11-14-19(4)16(17-3)18-13-10-12-15-20-6-2;/h5H,1,6-15H2,2-4H3,(H,17,18);1H. The molecule has 0 atom stereocenters. The van der Waals surface area contributed by atoms with Gasteiger partial charge in [-0.3, -0.25) is 4.99 Å². The second-order valence-corrected chi connectivity index (χ2v) is 4.94. The van der Waals surface area contributed by atoms with Gasteiger partial charge in [0.25, 0.3) is 0 Å². The van der Waals surface area contributed by atoms with Crippen molar-refractivity contribution in [2.45, 2.75) is 45.4 Å². The van der Waals surface area contributed by atoms with E-state index in [1.807, 2.05) is 20.0 Å². The van der Waals surface area contributed by atoms with Crippen LogP contribution < -0.4 is 5.32 Å². The van der Waals surface area contributed by atoms with Gasteiger partial charge < -0.3 is 15.0 Å².